The lowest BCUT2D eigenvalue weighted by atomic mass is 9.76. The van der Waals surface area contributed by atoms with E-state index in [9.17, 15) is 4.79 Å². The van der Waals surface area contributed by atoms with E-state index < -0.39 is 0 Å². The Morgan fingerprint density at radius 1 is 1.18 bits per heavy atom. The summed E-state index contributed by atoms with van der Waals surface area (Å²) in [5.41, 5.74) is 5.75. The second kappa shape index (κ2) is 7.49. The van der Waals surface area contributed by atoms with Crippen LogP contribution in [0.2, 0.25) is 0 Å². The highest BCUT2D eigenvalue weighted by atomic mass is 16.5. The lowest BCUT2D eigenvalue weighted by Crippen LogP contribution is -2.29. The van der Waals surface area contributed by atoms with Crippen molar-refractivity contribution in [3.8, 4) is 5.95 Å². The van der Waals surface area contributed by atoms with Gasteiger partial charge in [0.15, 0.2) is 0 Å². The van der Waals surface area contributed by atoms with E-state index in [4.69, 9.17) is 4.74 Å². The van der Waals surface area contributed by atoms with Crippen LogP contribution in [0.1, 0.15) is 62.0 Å². The highest BCUT2D eigenvalue weighted by Gasteiger charge is 2.29. The van der Waals surface area contributed by atoms with Crippen LogP contribution in [0.5, 0.6) is 0 Å². The molecule has 3 rings (SSSR count). The molecule has 2 heterocycles. The van der Waals surface area contributed by atoms with Crippen LogP contribution < -0.4 is 0 Å². The minimum atomic E-state index is -0.223. The summed E-state index contributed by atoms with van der Waals surface area (Å²) in [7, 11) is 0. The van der Waals surface area contributed by atoms with Gasteiger partial charge < -0.3 is 4.74 Å². The van der Waals surface area contributed by atoms with E-state index in [-0.39, 0.29) is 23.9 Å². The van der Waals surface area contributed by atoms with Gasteiger partial charge in [-0.15, -0.1) is 0 Å². The van der Waals surface area contributed by atoms with Gasteiger partial charge in [-0.3, -0.25) is 4.79 Å². The third-order valence-electron chi connectivity index (χ3n) is 5.19. The van der Waals surface area contributed by atoms with E-state index in [0.717, 1.165) is 41.2 Å². The Balaban J connectivity index is 1.79. The van der Waals surface area contributed by atoms with Crippen molar-refractivity contribution in [1.29, 1.82) is 0 Å². The number of aromatic nitrogens is 4. The number of carbonyl (C=O) groups excluding carboxylic acids is 1. The Morgan fingerprint density at radius 2 is 1.82 bits per heavy atom. The van der Waals surface area contributed by atoms with Gasteiger partial charge in [0.25, 0.3) is 5.95 Å². The first-order valence-corrected chi connectivity index (χ1v) is 9.78. The molecule has 0 bridgehead atoms. The lowest BCUT2D eigenvalue weighted by molar-refractivity contribution is -0.147. The molecule has 0 aromatic carbocycles. The van der Waals surface area contributed by atoms with Crippen molar-refractivity contribution >= 4 is 5.97 Å². The Hall–Kier alpha value is -2.50. The number of esters is 1. The first-order valence-electron chi connectivity index (χ1n) is 9.78. The Labute approximate surface area is 167 Å². The zero-order valence-corrected chi connectivity index (χ0v) is 18.0. The lowest BCUT2D eigenvalue weighted by Gasteiger charge is -2.33. The molecule has 150 valence electrons. The molecule has 0 amide bonds. The molecule has 0 aliphatic heterocycles. The molecule has 0 unspecified atom stereocenters. The third-order valence-corrected chi connectivity index (χ3v) is 5.19. The van der Waals surface area contributed by atoms with Gasteiger partial charge in [-0.2, -0.15) is 5.10 Å². The van der Waals surface area contributed by atoms with Crippen molar-refractivity contribution in [3.63, 3.8) is 0 Å². The molecule has 0 saturated carbocycles. The van der Waals surface area contributed by atoms with Crippen molar-refractivity contribution in [2.24, 2.45) is 5.41 Å². The second-order valence-electron chi connectivity index (χ2n) is 8.78. The summed E-state index contributed by atoms with van der Waals surface area (Å²) in [4.78, 5) is 21.6. The molecule has 0 radical (unpaired) electrons. The quantitative estimate of drug-likeness (QED) is 0.588. The molecule has 1 aliphatic rings. The number of allylic oxidation sites excluding steroid dienone is 1. The number of carbonyl (C=O) groups is 1. The molecular formula is C22H30N4O2. The van der Waals surface area contributed by atoms with Gasteiger partial charge in [-0.25, -0.2) is 14.6 Å². The number of aryl methyl sites for hydroxylation is 3. The van der Waals surface area contributed by atoms with Gasteiger partial charge in [0.05, 0.1) is 12.1 Å². The van der Waals surface area contributed by atoms with Crippen LogP contribution in [-0.2, 0) is 16.0 Å². The van der Waals surface area contributed by atoms with Gasteiger partial charge >= 0.3 is 5.97 Å². The molecule has 28 heavy (non-hydrogen) atoms. The van der Waals surface area contributed by atoms with Crippen LogP contribution in [0.4, 0.5) is 0 Å². The van der Waals surface area contributed by atoms with Gasteiger partial charge in [-0.1, -0.05) is 19.4 Å². The van der Waals surface area contributed by atoms with Gasteiger partial charge in [0.2, 0.25) is 0 Å². The molecule has 0 spiro atoms. The fraction of sp³-hybridized carbons (Fsp3) is 0.545. The van der Waals surface area contributed by atoms with Crippen LogP contribution in [0.15, 0.2) is 17.7 Å². The molecule has 0 fully saturated rings. The van der Waals surface area contributed by atoms with Crippen LogP contribution in [0.3, 0.4) is 0 Å². The molecule has 6 nitrogen and oxygen atoms in total. The summed E-state index contributed by atoms with van der Waals surface area (Å²) < 4.78 is 7.49. The third kappa shape index (κ3) is 4.49. The minimum Gasteiger partial charge on any atom is -0.458 e. The number of nitrogens with zero attached hydrogens (tertiary/aromatic N) is 4. The summed E-state index contributed by atoms with van der Waals surface area (Å²) in [6.45, 7) is 14.2. The van der Waals surface area contributed by atoms with Crippen molar-refractivity contribution < 1.29 is 9.53 Å². The number of rotatable bonds is 4. The van der Waals surface area contributed by atoms with E-state index in [0.29, 0.717) is 5.95 Å². The number of hydrogen-bond donors (Lipinski definition) is 0. The Morgan fingerprint density at radius 3 is 2.43 bits per heavy atom. The number of ether oxygens (including phenoxy) is 1. The number of hydrogen-bond acceptors (Lipinski definition) is 5. The van der Waals surface area contributed by atoms with E-state index >= 15 is 0 Å². The molecule has 1 atom stereocenters. The van der Waals surface area contributed by atoms with Crippen LogP contribution in [0, 0.1) is 33.1 Å². The average molecular weight is 383 g/mol. The van der Waals surface area contributed by atoms with E-state index in [1.165, 1.54) is 5.57 Å². The first kappa shape index (κ1) is 20.2. The maximum Gasteiger partial charge on any atom is 0.310 e. The average Bonchev–Trinajstić information content (AvgIpc) is 2.80. The van der Waals surface area contributed by atoms with E-state index in [1.54, 1.807) is 4.68 Å². The van der Waals surface area contributed by atoms with Crippen molar-refractivity contribution in [1.82, 2.24) is 19.7 Å². The molecular weight excluding hydrogens is 352 g/mol. The zero-order valence-electron chi connectivity index (χ0n) is 18.0. The summed E-state index contributed by atoms with van der Waals surface area (Å²) in [6.07, 6.45) is 4.02. The Kier molecular flexibility index (Phi) is 5.41. The molecule has 6 heteroatoms. The summed E-state index contributed by atoms with van der Waals surface area (Å²) in [6, 6.07) is 1.93. The SMILES string of the molecule is CC1=C[C@@H](OC(=O)Cc2c(C)nn(-c3nc(C)cc(C)n3)c2C)CC(C)(C)C1. The predicted octanol–water partition coefficient (Wildman–Crippen LogP) is 4.12. The molecule has 0 N–H and O–H groups in total. The fourth-order valence-electron chi connectivity index (χ4n) is 4.16. The standard InChI is InChI=1S/C22H30N4O2/c1-13-8-18(12-22(6,7)11-13)28-20(27)10-19-16(4)25-26(17(19)5)21-23-14(2)9-15(3)24-21/h8-9,18H,10-12H2,1-7H3/t18-/m1/s1. The summed E-state index contributed by atoms with van der Waals surface area (Å²) >= 11 is 0. The minimum absolute atomic E-state index is 0.154. The maximum atomic E-state index is 12.6. The fourth-order valence-corrected chi connectivity index (χ4v) is 4.16. The summed E-state index contributed by atoms with van der Waals surface area (Å²) in [5, 5.41) is 4.57. The smallest absolute Gasteiger partial charge is 0.310 e. The normalized spacial score (nSPS) is 18.7. The van der Waals surface area contributed by atoms with Crippen LogP contribution in [-0.4, -0.2) is 31.8 Å². The molecule has 2 aromatic heterocycles. The summed E-state index contributed by atoms with van der Waals surface area (Å²) in [5.74, 6) is 0.309. The van der Waals surface area contributed by atoms with Gasteiger partial charge in [-0.05, 0) is 65.0 Å². The van der Waals surface area contributed by atoms with Crippen LogP contribution >= 0.6 is 0 Å². The predicted molar refractivity (Wildman–Crippen MR) is 108 cm³/mol. The first-order chi connectivity index (χ1) is 13.0. The monoisotopic (exact) mass is 382 g/mol. The Bertz CT molecular complexity index is 920. The molecule has 2 aromatic rings. The van der Waals surface area contributed by atoms with Crippen molar-refractivity contribution in [2.45, 2.75) is 73.8 Å². The van der Waals surface area contributed by atoms with Gasteiger partial charge in [0, 0.05) is 22.6 Å². The van der Waals surface area contributed by atoms with E-state index in [2.05, 4.69) is 41.9 Å². The molecule has 0 saturated heterocycles. The van der Waals surface area contributed by atoms with Crippen molar-refractivity contribution in [3.05, 3.63) is 46.1 Å². The topological polar surface area (TPSA) is 69.9 Å². The highest BCUT2D eigenvalue weighted by Crippen LogP contribution is 2.36. The second-order valence-corrected chi connectivity index (χ2v) is 8.78. The highest BCUT2D eigenvalue weighted by molar-refractivity contribution is 5.73. The maximum absolute atomic E-state index is 12.6. The van der Waals surface area contributed by atoms with Crippen LogP contribution in [0.25, 0.3) is 5.95 Å². The zero-order chi connectivity index (χ0) is 20.6. The van der Waals surface area contributed by atoms with Gasteiger partial charge in [0.1, 0.15) is 6.10 Å². The largest absolute Gasteiger partial charge is 0.458 e. The molecule has 1 aliphatic carbocycles. The van der Waals surface area contributed by atoms with Crippen molar-refractivity contribution in [2.75, 3.05) is 0 Å². The van der Waals surface area contributed by atoms with E-state index in [1.807, 2.05) is 33.8 Å².